The topological polar surface area (TPSA) is 296 Å². The molecule has 4 amide bonds. The average Bonchev–Trinajstić information content (AvgIpc) is 1.59. The number of fused-ring (bicyclic) bond motifs is 1. The smallest absolute Gasteiger partial charge is 0.328 e. The molecule has 472 valence electrons. The second kappa shape index (κ2) is 27.9. The lowest BCUT2D eigenvalue weighted by Crippen LogP contribution is -2.55. The van der Waals surface area contributed by atoms with Gasteiger partial charge in [0.05, 0.1) is 48.4 Å². The number of nitrogens with zero attached hydrogens (tertiary/aromatic N) is 14. The molecular formula is C64H75N15O11. The second-order valence-electron chi connectivity index (χ2n) is 24.6. The minimum Gasteiger partial charge on any atom is -0.490 e. The van der Waals surface area contributed by atoms with Crippen LogP contribution in [0.1, 0.15) is 111 Å². The highest BCUT2D eigenvalue weighted by Crippen LogP contribution is 2.40. The molecule has 4 aliphatic rings. The van der Waals surface area contributed by atoms with Crippen molar-refractivity contribution < 1.29 is 52.5 Å². The number of aromatic nitrogens is 8. The highest BCUT2D eigenvalue weighted by molar-refractivity contribution is 6.13. The van der Waals surface area contributed by atoms with Gasteiger partial charge in [-0.1, -0.05) is 38.1 Å². The summed E-state index contributed by atoms with van der Waals surface area (Å²) in [6.07, 6.45) is 10.6. The van der Waals surface area contributed by atoms with E-state index < -0.39 is 23.5 Å². The van der Waals surface area contributed by atoms with Crippen LogP contribution in [0.5, 0.6) is 17.4 Å². The number of carbonyl (C=O) groups is 6. The normalized spacial score (nSPS) is 17.8. The minimum absolute atomic E-state index is 0.00383. The first kappa shape index (κ1) is 63.5. The predicted molar refractivity (Wildman–Crippen MR) is 326 cm³/mol. The van der Waals surface area contributed by atoms with Gasteiger partial charge in [0, 0.05) is 119 Å². The number of piperidine rings is 1. The Balaban J connectivity index is 0.599. The van der Waals surface area contributed by atoms with E-state index >= 15 is 0 Å². The molecule has 0 radical (unpaired) electrons. The number of benzene rings is 1. The van der Waals surface area contributed by atoms with E-state index in [1.807, 2.05) is 47.6 Å². The van der Waals surface area contributed by atoms with Crippen molar-refractivity contribution in [1.29, 1.82) is 5.26 Å². The lowest BCUT2D eigenvalue weighted by atomic mass is 9.88. The van der Waals surface area contributed by atoms with Gasteiger partial charge in [-0.3, -0.25) is 24.0 Å². The van der Waals surface area contributed by atoms with Gasteiger partial charge in [0.1, 0.15) is 66.7 Å². The maximum Gasteiger partial charge on any atom is 0.328 e. The van der Waals surface area contributed by atoms with E-state index in [1.54, 1.807) is 83.1 Å². The molecular weight excluding hydrogens is 1150 g/mol. The molecule has 0 aliphatic carbocycles. The molecule has 1 N–H and O–H groups in total. The Labute approximate surface area is 521 Å². The Morgan fingerprint density at radius 3 is 2.30 bits per heavy atom. The number of methoxy groups -OCH3 is 1. The standard InChI is InChI=1S/C64H75N15O11/c1-41-33-76(62-68-31-44(32-69-62)51-15-14-50-58(83)64(5,6)79(59(50)70-51)34-43-10-9-22-66-53(43)29-65)26-27-78(41)55(80)37-77-35-45(72-73-77)38-88-49-20-25-75(36-49)57(82)40-87-39-56(81)74-23-18-46(19-24-74)89-47-11-8-12-48(28-47)90-54-16-13-42(30-67-54)60(84)71-52(61(85)86-7)17-21-63(2,3)4/h8-16,22,28,30-32,35,41,46,49,52H,17-21,23-27,33-34,36-40H2,1-7H3,(H,71,84)/t41-,49?,52+/m1/s1. The lowest BCUT2D eigenvalue weighted by molar-refractivity contribution is -0.144. The monoisotopic (exact) mass is 1230 g/mol. The summed E-state index contributed by atoms with van der Waals surface area (Å²) in [4.78, 5) is 111. The summed E-state index contributed by atoms with van der Waals surface area (Å²) in [7, 11) is 1.29. The molecule has 26 nitrogen and oxygen atoms in total. The van der Waals surface area contributed by atoms with Gasteiger partial charge in [-0.2, -0.15) is 5.26 Å². The number of anilines is 2. The Bertz CT molecular complexity index is 3620. The maximum absolute atomic E-state index is 13.6. The number of esters is 1. The Morgan fingerprint density at radius 1 is 0.833 bits per heavy atom. The Kier molecular flexibility index (Phi) is 19.7. The van der Waals surface area contributed by atoms with Gasteiger partial charge in [-0.25, -0.2) is 34.4 Å². The van der Waals surface area contributed by atoms with Gasteiger partial charge in [-0.15, -0.1) is 5.10 Å². The van der Waals surface area contributed by atoms with Crippen LogP contribution in [0.3, 0.4) is 0 Å². The summed E-state index contributed by atoms with van der Waals surface area (Å²) in [6, 6.07) is 18.6. The van der Waals surface area contributed by atoms with Crippen molar-refractivity contribution in [3.8, 4) is 34.7 Å². The summed E-state index contributed by atoms with van der Waals surface area (Å²) in [5.41, 5.74) is 2.66. The number of rotatable bonds is 22. The molecule has 3 atom stereocenters. The highest BCUT2D eigenvalue weighted by atomic mass is 16.5. The zero-order chi connectivity index (χ0) is 63.7. The fourth-order valence-electron chi connectivity index (χ4n) is 11.3. The highest BCUT2D eigenvalue weighted by Gasteiger charge is 2.45. The second-order valence-corrected chi connectivity index (χ2v) is 24.6. The van der Waals surface area contributed by atoms with E-state index in [0.717, 1.165) is 0 Å². The first-order chi connectivity index (χ1) is 43.2. The fourth-order valence-corrected chi connectivity index (χ4v) is 11.3. The summed E-state index contributed by atoms with van der Waals surface area (Å²) in [5, 5.41) is 20.8. The number of hydrogen-bond acceptors (Lipinski definition) is 21. The predicted octanol–water partition coefficient (Wildman–Crippen LogP) is 5.60. The molecule has 26 heteroatoms. The number of carbonyl (C=O) groups excluding carboxylic acids is 6. The number of nitrogens with one attached hydrogen (secondary N) is 1. The number of amides is 4. The average molecular weight is 1230 g/mol. The van der Waals surface area contributed by atoms with E-state index in [-0.39, 0.29) is 91.5 Å². The molecule has 5 aromatic heterocycles. The van der Waals surface area contributed by atoms with Crippen molar-refractivity contribution >= 4 is 47.1 Å². The SMILES string of the molecule is COC(=O)[C@H](CCC(C)(C)C)NC(=O)c1ccc(Oc2cccc(OC3CCN(C(=O)COCC(=O)N4CCC(OCc5cn(CC(=O)N6CCN(c7ncc(-c8ccc9c(n8)N(Cc8cccnc8C#N)C(C)(C)C9=O)cn7)C[C@H]6C)nn5)C4)CC3)c2)nc1. The van der Waals surface area contributed by atoms with E-state index in [9.17, 15) is 34.0 Å². The zero-order valence-electron chi connectivity index (χ0n) is 51.7. The van der Waals surface area contributed by atoms with Gasteiger partial charge >= 0.3 is 5.97 Å². The van der Waals surface area contributed by atoms with Gasteiger partial charge in [0.2, 0.25) is 29.5 Å². The largest absolute Gasteiger partial charge is 0.490 e. The van der Waals surface area contributed by atoms with Crippen LogP contribution in [0.15, 0.2) is 91.6 Å². The van der Waals surface area contributed by atoms with E-state index in [1.165, 1.54) is 18.0 Å². The molecule has 90 heavy (non-hydrogen) atoms. The third-order valence-corrected chi connectivity index (χ3v) is 16.5. The van der Waals surface area contributed by atoms with Crippen LogP contribution in [0.25, 0.3) is 11.3 Å². The van der Waals surface area contributed by atoms with E-state index in [2.05, 4.69) is 62.4 Å². The van der Waals surface area contributed by atoms with Crippen LogP contribution in [-0.2, 0) is 53.1 Å². The van der Waals surface area contributed by atoms with Crippen LogP contribution in [0.4, 0.5) is 11.8 Å². The van der Waals surface area contributed by atoms with Gasteiger partial charge < -0.3 is 53.5 Å². The Morgan fingerprint density at radius 2 is 1.58 bits per heavy atom. The van der Waals surface area contributed by atoms with Crippen LogP contribution in [0, 0.1) is 16.7 Å². The summed E-state index contributed by atoms with van der Waals surface area (Å²) in [5.74, 6) is 0.801. The van der Waals surface area contributed by atoms with E-state index in [4.69, 9.17) is 28.7 Å². The van der Waals surface area contributed by atoms with Crippen molar-refractivity contribution in [2.24, 2.45) is 5.41 Å². The Hall–Kier alpha value is -9.48. The molecule has 0 spiro atoms. The maximum atomic E-state index is 13.6. The molecule has 4 aliphatic heterocycles. The number of piperazine rings is 1. The quantitative estimate of drug-likeness (QED) is 0.0808. The third kappa shape index (κ3) is 15.5. The molecule has 1 unspecified atom stereocenters. The molecule has 1 aromatic carbocycles. The van der Waals surface area contributed by atoms with E-state index in [0.29, 0.717) is 135 Å². The first-order valence-electron chi connectivity index (χ1n) is 30.2. The fraction of sp³-hybridized carbons (Fsp3) is 0.469. The minimum atomic E-state index is -0.892. The number of likely N-dealkylation sites (tertiary alicyclic amines) is 2. The number of hydrogen-bond donors (Lipinski definition) is 1. The van der Waals surface area contributed by atoms with Crippen molar-refractivity contribution in [2.45, 2.75) is 123 Å². The van der Waals surface area contributed by atoms with Crippen LogP contribution < -0.4 is 24.6 Å². The summed E-state index contributed by atoms with van der Waals surface area (Å²) in [6.45, 7) is 15.1. The van der Waals surface area contributed by atoms with Gasteiger partial charge in [0.25, 0.3) is 5.91 Å². The lowest BCUT2D eigenvalue weighted by Gasteiger charge is -2.39. The van der Waals surface area contributed by atoms with Crippen molar-refractivity contribution in [2.75, 3.05) is 75.9 Å². The molecule has 9 heterocycles. The number of ketones is 1. The van der Waals surface area contributed by atoms with Gasteiger partial charge in [0.15, 0.2) is 5.78 Å². The molecule has 0 saturated carbocycles. The number of pyridine rings is 3. The van der Waals surface area contributed by atoms with Crippen LogP contribution in [0.2, 0.25) is 0 Å². The van der Waals surface area contributed by atoms with Crippen molar-refractivity contribution in [3.05, 3.63) is 120 Å². The third-order valence-electron chi connectivity index (χ3n) is 16.5. The first-order valence-corrected chi connectivity index (χ1v) is 30.2. The van der Waals surface area contributed by atoms with Crippen LogP contribution >= 0.6 is 0 Å². The van der Waals surface area contributed by atoms with Gasteiger partial charge in [-0.05, 0) is 81.8 Å². The molecule has 6 aromatic rings. The summed E-state index contributed by atoms with van der Waals surface area (Å²) < 4.78 is 30.4. The summed E-state index contributed by atoms with van der Waals surface area (Å²) >= 11 is 0. The molecule has 3 fully saturated rings. The van der Waals surface area contributed by atoms with Crippen molar-refractivity contribution in [3.63, 3.8) is 0 Å². The molecule has 0 bridgehead atoms. The molecule has 3 saturated heterocycles. The number of Topliss-reactive ketones (excluding diaryl/α,β-unsaturated/α-hetero) is 1. The molecule has 10 rings (SSSR count). The number of nitriles is 1. The number of ether oxygens (including phenoxy) is 5. The zero-order valence-corrected chi connectivity index (χ0v) is 51.7. The van der Waals surface area contributed by atoms with Crippen LogP contribution in [-0.4, -0.2) is 186 Å². The van der Waals surface area contributed by atoms with Crippen molar-refractivity contribution in [1.82, 2.24) is 59.9 Å².